The Morgan fingerprint density at radius 2 is 1.71 bits per heavy atom. The average molecular weight is 431 g/mol. The van der Waals surface area contributed by atoms with E-state index in [1.54, 1.807) is 6.07 Å². The molecule has 3 N–H and O–H groups in total. The minimum Gasteiger partial charge on any atom is -0.398 e. The molecule has 0 aliphatic heterocycles. The van der Waals surface area contributed by atoms with Crippen molar-refractivity contribution in [1.29, 1.82) is 0 Å². The molecular formula is C12H8BrCl3N2O2S. The summed E-state index contributed by atoms with van der Waals surface area (Å²) < 4.78 is 27.5. The zero-order chi connectivity index (χ0) is 15.8. The molecule has 0 aliphatic rings. The van der Waals surface area contributed by atoms with E-state index in [-0.39, 0.29) is 25.7 Å². The Balaban J connectivity index is 2.42. The SMILES string of the molecule is Nc1ccc(S(=O)(=O)Nc2ccc(Br)c(Cl)c2Cl)cc1Cl. The van der Waals surface area contributed by atoms with Gasteiger partial charge in [0.25, 0.3) is 10.0 Å². The number of hydrogen-bond acceptors (Lipinski definition) is 3. The van der Waals surface area contributed by atoms with E-state index in [0.717, 1.165) is 0 Å². The maximum atomic E-state index is 12.3. The van der Waals surface area contributed by atoms with Gasteiger partial charge in [-0.1, -0.05) is 34.8 Å². The van der Waals surface area contributed by atoms with Gasteiger partial charge >= 0.3 is 0 Å². The molecule has 0 unspecified atom stereocenters. The number of nitrogens with two attached hydrogens (primary N) is 1. The van der Waals surface area contributed by atoms with Gasteiger partial charge in [0.1, 0.15) is 0 Å². The van der Waals surface area contributed by atoms with E-state index in [0.29, 0.717) is 10.2 Å². The van der Waals surface area contributed by atoms with Crippen molar-refractivity contribution in [3.8, 4) is 0 Å². The smallest absolute Gasteiger partial charge is 0.261 e. The highest BCUT2D eigenvalue weighted by Crippen LogP contribution is 2.37. The number of sulfonamides is 1. The molecule has 0 heterocycles. The summed E-state index contributed by atoms with van der Waals surface area (Å²) in [6, 6.07) is 7.09. The summed E-state index contributed by atoms with van der Waals surface area (Å²) in [4.78, 5) is -0.0307. The summed E-state index contributed by atoms with van der Waals surface area (Å²) in [5.41, 5.74) is 6.01. The first-order valence-electron chi connectivity index (χ1n) is 5.43. The number of anilines is 2. The molecule has 4 nitrogen and oxygen atoms in total. The van der Waals surface area contributed by atoms with Gasteiger partial charge in [-0.2, -0.15) is 0 Å². The summed E-state index contributed by atoms with van der Waals surface area (Å²) in [6.45, 7) is 0. The van der Waals surface area contributed by atoms with Crippen LogP contribution >= 0.6 is 50.7 Å². The van der Waals surface area contributed by atoms with Crippen LogP contribution in [-0.2, 0) is 10.0 Å². The van der Waals surface area contributed by atoms with Crippen LogP contribution in [0.25, 0.3) is 0 Å². The largest absolute Gasteiger partial charge is 0.398 e. The zero-order valence-corrected chi connectivity index (χ0v) is 14.9. The van der Waals surface area contributed by atoms with Crippen LogP contribution in [0.15, 0.2) is 39.7 Å². The van der Waals surface area contributed by atoms with E-state index >= 15 is 0 Å². The van der Waals surface area contributed by atoms with Crippen molar-refractivity contribution in [2.75, 3.05) is 10.5 Å². The lowest BCUT2D eigenvalue weighted by molar-refractivity contribution is 0.601. The van der Waals surface area contributed by atoms with E-state index in [1.807, 2.05) is 0 Å². The molecule has 2 aromatic rings. The van der Waals surface area contributed by atoms with Crippen LogP contribution in [0.2, 0.25) is 15.1 Å². The number of nitrogen functional groups attached to an aromatic ring is 1. The predicted molar refractivity (Wildman–Crippen MR) is 90.8 cm³/mol. The van der Waals surface area contributed by atoms with Crippen LogP contribution in [0.1, 0.15) is 0 Å². The fraction of sp³-hybridized carbons (Fsp3) is 0. The Bertz CT molecular complexity index is 812. The Kier molecular flexibility index (Phi) is 4.95. The second-order valence-corrected chi connectivity index (χ2v) is 7.71. The number of rotatable bonds is 3. The molecule has 0 atom stereocenters. The molecule has 0 amide bonds. The normalized spacial score (nSPS) is 11.4. The van der Waals surface area contributed by atoms with Crippen LogP contribution in [0, 0.1) is 0 Å². The maximum Gasteiger partial charge on any atom is 0.261 e. The first-order chi connectivity index (χ1) is 9.72. The molecular weight excluding hydrogens is 422 g/mol. The lowest BCUT2D eigenvalue weighted by Crippen LogP contribution is -2.13. The van der Waals surface area contributed by atoms with E-state index < -0.39 is 10.0 Å². The monoisotopic (exact) mass is 428 g/mol. The molecule has 112 valence electrons. The van der Waals surface area contributed by atoms with E-state index in [2.05, 4.69) is 20.7 Å². The number of nitrogens with one attached hydrogen (secondary N) is 1. The standard InChI is InChI=1S/C12H8BrCl3N2O2S/c13-7-2-4-10(12(16)11(7)15)18-21(19,20)6-1-3-9(17)8(14)5-6/h1-5,18H,17H2. The van der Waals surface area contributed by atoms with Crippen LogP contribution in [0.3, 0.4) is 0 Å². The third-order valence-electron chi connectivity index (χ3n) is 2.56. The Morgan fingerprint density at radius 1 is 1.05 bits per heavy atom. The minimum absolute atomic E-state index is 0.0307. The van der Waals surface area contributed by atoms with Crippen molar-refractivity contribution in [1.82, 2.24) is 0 Å². The van der Waals surface area contributed by atoms with Crippen LogP contribution in [0.5, 0.6) is 0 Å². The Hall–Kier alpha value is -0.660. The van der Waals surface area contributed by atoms with E-state index in [1.165, 1.54) is 24.3 Å². The van der Waals surface area contributed by atoms with Crippen molar-refractivity contribution in [2.24, 2.45) is 0 Å². The van der Waals surface area contributed by atoms with E-state index in [9.17, 15) is 8.42 Å². The van der Waals surface area contributed by atoms with Crippen LogP contribution in [-0.4, -0.2) is 8.42 Å². The van der Waals surface area contributed by atoms with Gasteiger partial charge < -0.3 is 5.73 Å². The number of benzene rings is 2. The molecule has 2 aromatic carbocycles. The van der Waals surface area contributed by atoms with Gasteiger partial charge in [0.15, 0.2) is 0 Å². The first-order valence-corrected chi connectivity index (χ1v) is 8.84. The molecule has 0 radical (unpaired) electrons. The average Bonchev–Trinajstić information content (AvgIpc) is 2.42. The van der Waals surface area contributed by atoms with Crippen LogP contribution < -0.4 is 10.5 Å². The Morgan fingerprint density at radius 3 is 2.33 bits per heavy atom. The summed E-state index contributed by atoms with van der Waals surface area (Å²) in [5.74, 6) is 0. The molecule has 0 spiro atoms. The molecule has 0 aromatic heterocycles. The highest BCUT2D eigenvalue weighted by Gasteiger charge is 2.18. The first kappa shape index (κ1) is 16.7. The van der Waals surface area contributed by atoms with Crippen molar-refractivity contribution in [3.05, 3.63) is 49.9 Å². The van der Waals surface area contributed by atoms with Gasteiger partial charge in [-0.25, -0.2) is 8.42 Å². The van der Waals surface area contributed by atoms with E-state index in [4.69, 9.17) is 40.5 Å². The third-order valence-corrected chi connectivity index (χ3v) is 6.02. The molecule has 9 heteroatoms. The maximum absolute atomic E-state index is 12.3. The quantitative estimate of drug-likeness (QED) is 0.543. The topological polar surface area (TPSA) is 72.2 Å². The lowest BCUT2D eigenvalue weighted by Gasteiger charge is -2.12. The molecule has 0 bridgehead atoms. The van der Waals surface area contributed by atoms with Crippen LogP contribution in [0.4, 0.5) is 11.4 Å². The summed E-state index contributed by atoms with van der Waals surface area (Å²) >= 11 is 21.0. The van der Waals surface area contributed by atoms with Gasteiger partial charge in [-0.3, -0.25) is 4.72 Å². The van der Waals surface area contributed by atoms with Crippen molar-refractivity contribution in [2.45, 2.75) is 4.90 Å². The predicted octanol–water partition coefficient (Wildman–Crippen LogP) is 4.79. The number of hydrogen-bond donors (Lipinski definition) is 2. The summed E-state index contributed by atoms with van der Waals surface area (Å²) in [6.07, 6.45) is 0. The fourth-order valence-electron chi connectivity index (χ4n) is 1.48. The van der Waals surface area contributed by atoms with Gasteiger partial charge in [0.05, 0.1) is 31.3 Å². The molecule has 0 aliphatic carbocycles. The van der Waals surface area contributed by atoms with Crippen molar-refractivity contribution >= 4 is 72.1 Å². The molecule has 0 saturated heterocycles. The second kappa shape index (κ2) is 6.22. The van der Waals surface area contributed by atoms with Gasteiger partial charge in [-0.15, -0.1) is 0 Å². The third kappa shape index (κ3) is 3.57. The van der Waals surface area contributed by atoms with Gasteiger partial charge in [-0.05, 0) is 46.3 Å². The Labute approximate surface area is 145 Å². The highest BCUT2D eigenvalue weighted by atomic mass is 79.9. The van der Waals surface area contributed by atoms with Crippen molar-refractivity contribution < 1.29 is 8.42 Å². The minimum atomic E-state index is -3.85. The summed E-state index contributed by atoms with van der Waals surface area (Å²) in [7, 11) is -3.85. The molecule has 2 rings (SSSR count). The lowest BCUT2D eigenvalue weighted by atomic mass is 10.3. The zero-order valence-electron chi connectivity index (χ0n) is 10.2. The van der Waals surface area contributed by atoms with Gasteiger partial charge in [0, 0.05) is 4.47 Å². The molecule has 21 heavy (non-hydrogen) atoms. The highest BCUT2D eigenvalue weighted by molar-refractivity contribution is 9.10. The number of halogens is 4. The summed E-state index contributed by atoms with van der Waals surface area (Å²) in [5, 5.41) is 0.459. The second-order valence-electron chi connectivity index (χ2n) is 4.01. The van der Waals surface area contributed by atoms with Gasteiger partial charge in [0.2, 0.25) is 0 Å². The molecule has 0 saturated carbocycles. The fourth-order valence-corrected chi connectivity index (χ4v) is 3.70. The van der Waals surface area contributed by atoms with Crippen molar-refractivity contribution in [3.63, 3.8) is 0 Å². The molecule has 0 fully saturated rings.